The Hall–Kier alpha value is -1.38. The van der Waals surface area contributed by atoms with Gasteiger partial charge in [0.05, 0.1) is 0 Å². The zero-order valence-corrected chi connectivity index (χ0v) is 17.6. The topological polar surface area (TPSA) is 37.4 Å². The summed E-state index contributed by atoms with van der Waals surface area (Å²) in [5.41, 5.74) is 1.44. The molecule has 0 N–H and O–H groups in total. The summed E-state index contributed by atoms with van der Waals surface area (Å²) in [6, 6.07) is 0. The normalized spacial score (nSPS) is 13.9. The van der Waals surface area contributed by atoms with E-state index in [1.807, 2.05) is 7.05 Å². The highest BCUT2D eigenvalue weighted by molar-refractivity contribution is 5.94. The maximum absolute atomic E-state index is 11.9. The molecule has 25 heavy (non-hydrogen) atoms. The molecular weight excluding hydrogens is 310 g/mol. The molecule has 0 bridgehead atoms. The lowest BCUT2D eigenvalue weighted by molar-refractivity contribution is -0.126. The first kappa shape index (κ1) is 23.6. The second-order valence-corrected chi connectivity index (χ2v) is 8.81. The molecule has 0 spiro atoms. The van der Waals surface area contributed by atoms with E-state index in [1.165, 1.54) is 0 Å². The van der Waals surface area contributed by atoms with Gasteiger partial charge < -0.3 is 4.90 Å². The quantitative estimate of drug-likeness (QED) is 0.441. The van der Waals surface area contributed by atoms with E-state index < -0.39 is 0 Å². The minimum Gasteiger partial charge on any atom is -0.342 e. The molecule has 0 saturated carbocycles. The molecule has 0 aromatic rings. The first-order valence-electron chi connectivity index (χ1n) is 9.45. The molecule has 0 fully saturated rings. The van der Waals surface area contributed by atoms with Crippen LogP contribution in [0.1, 0.15) is 73.6 Å². The fourth-order valence-electron chi connectivity index (χ4n) is 3.42. The smallest absolute Gasteiger partial charge is 0.248 e. The minimum atomic E-state index is 0.0275. The summed E-state index contributed by atoms with van der Waals surface area (Å²) in [6.45, 7) is 20.8. The van der Waals surface area contributed by atoms with E-state index >= 15 is 0 Å². The number of rotatable bonds is 12. The molecule has 0 rings (SSSR count). The van der Waals surface area contributed by atoms with Gasteiger partial charge in [-0.3, -0.25) is 9.59 Å². The molecule has 2 atom stereocenters. The van der Waals surface area contributed by atoms with Crippen LogP contribution in [-0.2, 0) is 9.59 Å². The van der Waals surface area contributed by atoms with Gasteiger partial charge in [0.25, 0.3) is 0 Å². The van der Waals surface area contributed by atoms with E-state index in [2.05, 4.69) is 40.9 Å². The highest BCUT2D eigenvalue weighted by atomic mass is 16.2. The summed E-state index contributed by atoms with van der Waals surface area (Å²) in [4.78, 5) is 25.3. The zero-order valence-electron chi connectivity index (χ0n) is 17.6. The van der Waals surface area contributed by atoms with Crippen LogP contribution in [0, 0.1) is 17.3 Å². The molecule has 0 aliphatic rings. The highest BCUT2D eigenvalue weighted by Crippen LogP contribution is 2.33. The third kappa shape index (κ3) is 10.3. The number of ketones is 1. The highest BCUT2D eigenvalue weighted by Gasteiger charge is 2.23. The molecule has 1 amide bonds. The molecule has 0 aromatic carbocycles. The van der Waals surface area contributed by atoms with Gasteiger partial charge in [0, 0.05) is 25.6 Å². The van der Waals surface area contributed by atoms with Gasteiger partial charge in [-0.2, -0.15) is 0 Å². The average molecular weight is 350 g/mol. The maximum Gasteiger partial charge on any atom is 0.248 e. The number of hydrogen-bond acceptors (Lipinski definition) is 2. The van der Waals surface area contributed by atoms with E-state index in [1.54, 1.807) is 18.7 Å². The molecule has 2 unspecified atom stereocenters. The molecule has 0 heterocycles. The Morgan fingerprint density at radius 1 is 1.04 bits per heavy atom. The number of carbonyl (C=O) groups excluding carboxylic acids is 2. The Morgan fingerprint density at radius 3 is 2.08 bits per heavy atom. The van der Waals surface area contributed by atoms with Crippen molar-refractivity contribution in [2.75, 3.05) is 13.6 Å². The predicted octanol–water partition coefficient (Wildman–Crippen LogP) is 5.42. The Balaban J connectivity index is 4.31. The van der Waals surface area contributed by atoms with Crippen LogP contribution in [0.5, 0.6) is 0 Å². The van der Waals surface area contributed by atoms with Crippen LogP contribution < -0.4 is 0 Å². The maximum atomic E-state index is 11.9. The number of hydrogen-bond donors (Lipinski definition) is 0. The summed E-state index contributed by atoms with van der Waals surface area (Å²) in [5, 5.41) is 0. The van der Waals surface area contributed by atoms with Crippen molar-refractivity contribution < 1.29 is 9.59 Å². The largest absolute Gasteiger partial charge is 0.342 e. The Labute approximate surface area is 155 Å². The molecular formula is C22H39NO2. The molecule has 0 aromatic heterocycles. The predicted molar refractivity (Wildman–Crippen MR) is 107 cm³/mol. The van der Waals surface area contributed by atoms with Gasteiger partial charge in [-0.1, -0.05) is 40.9 Å². The van der Waals surface area contributed by atoms with Crippen LogP contribution >= 0.6 is 0 Å². The van der Waals surface area contributed by atoms with Crippen molar-refractivity contribution in [2.45, 2.75) is 73.6 Å². The van der Waals surface area contributed by atoms with Crippen LogP contribution in [0.25, 0.3) is 0 Å². The average Bonchev–Trinajstić information content (AvgIpc) is 2.48. The number of nitrogens with zero attached hydrogens (tertiary/aromatic N) is 1. The van der Waals surface area contributed by atoms with Crippen molar-refractivity contribution in [2.24, 2.45) is 17.3 Å². The molecule has 3 heteroatoms. The van der Waals surface area contributed by atoms with Crippen molar-refractivity contribution >= 4 is 11.7 Å². The second-order valence-electron chi connectivity index (χ2n) is 8.81. The summed E-state index contributed by atoms with van der Waals surface area (Å²) in [7, 11) is 1.84. The third-order valence-corrected chi connectivity index (χ3v) is 4.88. The molecule has 3 nitrogen and oxygen atoms in total. The first-order valence-corrected chi connectivity index (χ1v) is 9.45. The van der Waals surface area contributed by atoms with Crippen molar-refractivity contribution in [1.29, 1.82) is 0 Å². The van der Waals surface area contributed by atoms with Crippen molar-refractivity contribution in [1.82, 2.24) is 4.90 Å². The lowest BCUT2D eigenvalue weighted by Gasteiger charge is -2.31. The van der Waals surface area contributed by atoms with E-state index in [0.29, 0.717) is 29.4 Å². The van der Waals surface area contributed by atoms with E-state index in [4.69, 9.17) is 0 Å². The van der Waals surface area contributed by atoms with E-state index in [0.717, 1.165) is 32.2 Å². The number of amides is 1. The zero-order chi connectivity index (χ0) is 19.8. The Morgan fingerprint density at radius 2 is 1.60 bits per heavy atom. The molecule has 0 saturated heterocycles. The van der Waals surface area contributed by atoms with Crippen molar-refractivity contribution in [3.05, 3.63) is 24.3 Å². The summed E-state index contributed by atoms with van der Waals surface area (Å²) >= 11 is 0. The van der Waals surface area contributed by atoms with Gasteiger partial charge in [-0.25, -0.2) is 0 Å². The number of likely N-dealkylation sites (N-methyl/N-ethyl adjacent to an activating group) is 1. The monoisotopic (exact) mass is 349 g/mol. The van der Waals surface area contributed by atoms with Crippen LogP contribution in [0.3, 0.4) is 0 Å². The van der Waals surface area contributed by atoms with Gasteiger partial charge in [0.2, 0.25) is 5.91 Å². The fraction of sp³-hybridized carbons (Fsp3) is 0.727. The molecule has 0 aliphatic heterocycles. The van der Waals surface area contributed by atoms with Crippen LogP contribution in [-0.4, -0.2) is 30.2 Å². The van der Waals surface area contributed by atoms with E-state index in [-0.39, 0.29) is 17.1 Å². The molecule has 144 valence electrons. The standard InChI is InChI=1S/C22H39NO2/c1-16(2)20(24)11-10-18(5)14-19(6)15-22(7,8)12-13-23(9)21(25)17(3)4/h18-19H,1,3,10-15H2,2,4-9H3. The van der Waals surface area contributed by atoms with Gasteiger partial charge in [0.1, 0.15) is 0 Å². The Bertz CT molecular complexity index is 490. The van der Waals surface area contributed by atoms with Gasteiger partial charge in [-0.15, -0.1) is 0 Å². The number of allylic oxidation sites excluding steroid dienone is 1. The summed E-state index contributed by atoms with van der Waals surface area (Å²) < 4.78 is 0. The number of Topliss-reactive ketones (excluding diaryl/α,β-unsaturated/α-hetero) is 1. The summed E-state index contributed by atoms with van der Waals surface area (Å²) in [5.74, 6) is 1.36. The van der Waals surface area contributed by atoms with Gasteiger partial charge in [-0.05, 0) is 62.4 Å². The first-order chi connectivity index (χ1) is 11.4. The summed E-state index contributed by atoms with van der Waals surface area (Å²) in [6.07, 6.45) is 4.79. The van der Waals surface area contributed by atoms with Crippen LogP contribution in [0.4, 0.5) is 0 Å². The minimum absolute atomic E-state index is 0.0275. The fourth-order valence-corrected chi connectivity index (χ4v) is 3.42. The SMILES string of the molecule is C=C(C)C(=O)CCC(C)CC(C)CC(C)(C)CCN(C)C(=O)C(=C)C. The molecule has 0 radical (unpaired) electrons. The molecule has 0 aliphatic carbocycles. The van der Waals surface area contributed by atoms with Crippen molar-refractivity contribution in [3.8, 4) is 0 Å². The second kappa shape index (κ2) is 10.6. The van der Waals surface area contributed by atoms with E-state index in [9.17, 15) is 9.59 Å². The van der Waals surface area contributed by atoms with Gasteiger partial charge >= 0.3 is 0 Å². The van der Waals surface area contributed by atoms with Crippen LogP contribution in [0.2, 0.25) is 0 Å². The lowest BCUT2D eigenvalue weighted by Crippen LogP contribution is -2.31. The van der Waals surface area contributed by atoms with Gasteiger partial charge in [0.15, 0.2) is 5.78 Å². The van der Waals surface area contributed by atoms with Crippen LogP contribution in [0.15, 0.2) is 24.3 Å². The lowest BCUT2D eigenvalue weighted by atomic mass is 9.77. The third-order valence-electron chi connectivity index (χ3n) is 4.88. The van der Waals surface area contributed by atoms with Crippen molar-refractivity contribution in [3.63, 3.8) is 0 Å². The Kier molecular flexibility index (Phi) is 9.99. The number of carbonyl (C=O) groups is 2.